The highest BCUT2D eigenvalue weighted by molar-refractivity contribution is 6.00. The van der Waals surface area contributed by atoms with Crippen LogP contribution in [0.5, 0.6) is 0 Å². The van der Waals surface area contributed by atoms with E-state index in [9.17, 15) is 9.59 Å². The largest absolute Gasteiger partial charge is 0.468 e. The smallest absolute Gasteiger partial charge is 0.315 e. The zero-order valence-corrected chi connectivity index (χ0v) is 13.9. The lowest BCUT2D eigenvalue weighted by atomic mass is 9.79. The SMILES string of the molecule is CCCN1C(=O)c2ccccc2C(C(=O)OC)C1c1ccccc1. The molecule has 0 aliphatic carbocycles. The Morgan fingerprint density at radius 3 is 2.42 bits per heavy atom. The molecular weight excluding hydrogens is 302 g/mol. The number of benzene rings is 2. The predicted molar refractivity (Wildman–Crippen MR) is 91.7 cm³/mol. The fraction of sp³-hybridized carbons (Fsp3) is 0.300. The molecular formula is C20H21NO3. The number of esters is 1. The van der Waals surface area contributed by atoms with Crippen molar-refractivity contribution < 1.29 is 14.3 Å². The fourth-order valence-corrected chi connectivity index (χ4v) is 3.48. The first-order valence-electron chi connectivity index (χ1n) is 8.21. The number of fused-ring (bicyclic) bond motifs is 1. The second-order valence-corrected chi connectivity index (χ2v) is 5.94. The zero-order valence-electron chi connectivity index (χ0n) is 13.9. The quantitative estimate of drug-likeness (QED) is 0.808. The molecule has 4 heteroatoms. The van der Waals surface area contributed by atoms with Gasteiger partial charge in [-0.1, -0.05) is 55.5 Å². The minimum Gasteiger partial charge on any atom is -0.468 e. The molecule has 0 bridgehead atoms. The van der Waals surface area contributed by atoms with Crippen molar-refractivity contribution in [3.8, 4) is 0 Å². The number of carbonyl (C=O) groups excluding carboxylic acids is 2. The van der Waals surface area contributed by atoms with E-state index in [1.165, 1.54) is 7.11 Å². The minimum absolute atomic E-state index is 0.0264. The Morgan fingerprint density at radius 2 is 1.75 bits per heavy atom. The Kier molecular flexibility index (Phi) is 4.65. The van der Waals surface area contributed by atoms with Crippen molar-refractivity contribution >= 4 is 11.9 Å². The average Bonchev–Trinajstić information content (AvgIpc) is 2.64. The molecule has 2 atom stereocenters. The normalized spacial score (nSPS) is 19.8. The standard InChI is InChI=1S/C20H21NO3/c1-3-13-21-18(14-9-5-4-6-10-14)17(20(23)24-2)15-11-7-8-12-16(15)19(21)22/h4-12,17-18H,3,13H2,1-2H3. The molecule has 2 aromatic rings. The molecule has 2 aromatic carbocycles. The summed E-state index contributed by atoms with van der Waals surface area (Å²) in [7, 11) is 1.40. The third-order valence-corrected chi connectivity index (χ3v) is 4.50. The summed E-state index contributed by atoms with van der Waals surface area (Å²) in [6, 6.07) is 16.7. The minimum atomic E-state index is -0.516. The van der Waals surface area contributed by atoms with Gasteiger partial charge in [-0.15, -0.1) is 0 Å². The van der Waals surface area contributed by atoms with Crippen LogP contribution in [0, 0.1) is 0 Å². The van der Waals surface area contributed by atoms with Gasteiger partial charge in [0.15, 0.2) is 0 Å². The highest BCUT2D eigenvalue weighted by Gasteiger charge is 2.44. The maximum atomic E-state index is 13.0. The van der Waals surface area contributed by atoms with Gasteiger partial charge in [-0.05, 0) is 23.6 Å². The molecule has 24 heavy (non-hydrogen) atoms. The van der Waals surface area contributed by atoms with Gasteiger partial charge in [-0.25, -0.2) is 0 Å². The van der Waals surface area contributed by atoms with Gasteiger partial charge in [0.05, 0.1) is 13.2 Å². The maximum absolute atomic E-state index is 13.0. The molecule has 1 amide bonds. The highest BCUT2D eigenvalue weighted by atomic mass is 16.5. The van der Waals surface area contributed by atoms with Crippen LogP contribution in [0.3, 0.4) is 0 Å². The molecule has 0 saturated heterocycles. The summed E-state index contributed by atoms with van der Waals surface area (Å²) in [5.41, 5.74) is 2.29. The molecule has 2 unspecified atom stereocenters. The van der Waals surface area contributed by atoms with Crippen molar-refractivity contribution in [1.29, 1.82) is 0 Å². The van der Waals surface area contributed by atoms with Crippen LogP contribution in [-0.2, 0) is 9.53 Å². The first-order valence-corrected chi connectivity index (χ1v) is 8.21. The van der Waals surface area contributed by atoms with E-state index in [0.29, 0.717) is 12.1 Å². The Morgan fingerprint density at radius 1 is 1.08 bits per heavy atom. The number of methoxy groups -OCH3 is 1. The van der Waals surface area contributed by atoms with Gasteiger partial charge in [0.1, 0.15) is 5.92 Å². The number of hydrogen-bond acceptors (Lipinski definition) is 3. The summed E-state index contributed by atoms with van der Waals surface area (Å²) in [6.45, 7) is 2.63. The monoisotopic (exact) mass is 323 g/mol. The van der Waals surface area contributed by atoms with Gasteiger partial charge >= 0.3 is 5.97 Å². The van der Waals surface area contributed by atoms with Crippen molar-refractivity contribution in [3.63, 3.8) is 0 Å². The molecule has 0 radical (unpaired) electrons. The molecule has 0 spiro atoms. The number of carbonyl (C=O) groups is 2. The molecule has 1 aliphatic rings. The van der Waals surface area contributed by atoms with E-state index in [4.69, 9.17) is 4.74 Å². The van der Waals surface area contributed by atoms with Crippen molar-refractivity contribution in [1.82, 2.24) is 4.90 Å². The van der Waals surface area contributed by atoms with Crippen molar-refractivity contribution in [2.24, 2.45) is 0 Å². The maximum Gasteiger partial charge on any atom is 0.315 e. The summed E-state index contributed by atoms with van der Waals surface area (Å²) >= 11 is 0. The van der Waals surface area contributed by atoms with E-state index >= 15 is 0 Å². The number of hydrogen-bond donors (Lipinski definition) is 0. The molecule has 124 valence electrons. The lowest BCUT2D eigenvalue weighted by Crippen LogP contribution is -2.45. The number of ether oxygens (including phenoxy) is 1. The molecule has 4 nitrogen and oxygen atoms in total. The van der Waals surface area contributed by atoms with Crippen LogP contribution in [-0.4, -0.2) is 30.4 Å². The van der Waals surface area contributed by atoms with Gasteiger partial charge in [-0.3, -0.25) is 9.59 Å². The van der Waals surface area contributed by atoms with Crippen molar-refractivity contribution in [3.05, 3.63) is 71.3 Å². The summed E-state index contributed by atoms with van der Waals surface area (Å²) in [6.07, 6.45) is 0.825. The Balaban J connectivity index is 2.21. The Bertz CT molecular complexity index is 742. The zero-order chi connectivity index (χ0) is 17.1. The summed E-state index contributed by atoms with van der Waals surface area (Å²) < 4.78 is 5.08. The third-order valence-electron chi connectivity index (χ3n) is 4.50. The summed E-state index contributed by atoms with van der Waals surface area (Å²) in [5, 5.41) is 0. The summed E-state index contributed by atoms with van der Waals surface area (Å²) in [4.78, 5) is 27.4. The van der Waals surface area contributed by atoms with Crippen LogP contribution in [0.4, 0.5) is 0 Å². The van der Waals surface area contributed by atoms with E-state index in [-0.39, 0.29) is 17.9 Å². The van der Waals surface area contributed by atoms with E-state index in [0.717, 1.165) is 17.5 Å². The van der Waals surface area contributed by atoms with Gasteiger partial charge in [0, 0.05) is 12.1 Å². The second kappa shape index (κ2) is 6.87. The van der Waals surface area contributed by atoms with Crippen LogP contribution in [0.25, 0.3) is 0 Å². The second-order valence-electron chi connectivity index (χ2n) is 5.94. The van der Waals surface area contributed by atoms with Crippen molar-refractivity contribution in [2.45, 2.75) is 25.3 Å². The van der Waals surface area contributed by atoms with Crippen LogP contribution in [0.1, 0.15) is 46.8 Å². The topological polar surface area (TPSA) is 46.6 Å². The van der Waals surface area contributed by atoms with Crippen LogP contribution in [0.15, 0.2) is 54.6 Å². The van der Waals surface area contributed by atoms with E-state index in [2.05, 4.69) is 0 Å². The van der Waals surface area contributed by atoms with Gasteiger partial charge in [0.2, 0.25) is 0 Å². The van der Waals surface area contributed by atoms with Gasteiger partial charge < -0.3 is 9.64 Å². The highest BCUT2D eigenvalue weighted by Crippen LogP contribution is 2.43. The van der Waals surface area contributed by atoms with Crippen LogP contribution in [0.2, 0.25) is 0 Å². The molecule has 0 N–H and O–H groups in total. The van der Waals surface area contributed by atoms with E-state index < -0.39 is 5.92 Å². The number of nitrogens with zero attached hydrogens (tertiary/aromatic N) is 1. The van der Waals surface area contributed by atoms with Crippen LogP contribution >= 0.6 is 0 Å². The lowest BCUT2D eigenvalue weighted by Gasteiger charge is -2.41. The molecule has 1 heterocycles. The third kappa shape index (κ3) is 2.68. The molecule has 1 aliphatic heterocycles. The summed E-state index contributed by atoms with van der Waals surface area (Å²) in [5.74, 6) is -0.857. The Hall–Kier alpha value is -2.62. The fourth-order valence-electron chi connectivity index (χ4n) is 3.48. The van der Waals surface area contributed by atoms with Crippen molar-refractivity contribution in [2.75, 3.05) is 13.7 Å². The first kappa shape index (κ1) is 16.2. The lowest BCUT2D eigenvalue weighted by molar-refractivity contribution is -0.144. The Labute approximate surface area is 142 Å². The molecule has 3 rings (SSSR count). The van der Waals surface area contributed by atoms with Gasteiger partial charge in [0.25, 0.3) is 5.91 Å². The van der Waals surface area contributed by atoms with Gasteiger partial charge in [-0.2, -0.15) is 0 Å². The van der Waals surface area contributed by atoms with E-state index in [1.54, 1.807) is 11.0 Å². The number of rotatable bonds is 4. The number of amides is 1. The molecule has 0 fully saturated rings. The molecule has 0 saturated carbocycles. The van der Waals surface area contributed by atoms with Crippen LogP contribution < -0.4 is 0 Å². The molecule has 0 aromatic heterocycles. The van der Waals surface area contributed by atoms with E-state index in [1.807, 2.05) is 55.5 Å². The average molecular weight is 323 g/mol. The predicted octanol–water partition coefficient (Wildman–Crippen LogP) is 3.55. The first-order chi connectivity index (χ1) is 11.7.